The first-order chi connectivity index (χ1) is 16.7. The average Bonchev–Trinajstić information content (AvgIpc) is 3.34. The van der Waals surface area contributed by atoms with Crippen molar-refractivity contribution < 1.29 is 9.47 Å². The molecular weight excluding hydrogens is 474 g/mol. The fraction of sp³-hybridized carbons (Fsp3) is 0.304. The molecule has 1 aliphatic rings. The molecule has 4 aromatic rings. The molecule has 4 heterocycles. The van der Waals surface area contributed by atoms with Gasteiger partial charge in [-0.05, 0) is 30.3 Å². The second-order valence-corrected chi connectivity index (χ2v) is 9.08. The Hall–Kier alpha value is -2.92. The van der Waals surface area contributed by atoms with Gasteiger partial charge in [0, 0.05) is 43.3 Å². The van der Waals surface area contributed by atoms with E-state index in [2.05, 4.69) is 25.3 Å². The Morgan fingerprint density at radius 2 is 2.00 bits per heavy atom. The van der Waals surface area contributed by atoms with Gasteiger partial charge in [-0.2, -0.15) is 14.6 Å². The predicted octanol–water partition coefficient (Wildman–Crippen LogP) is 3.92. The monoisotopic (exact) mass is 497 g/mol. The Kier molecular flexibility index (Phi) is 7.40. The number of thioether (sulfide) groups is 1. The molecule has 1 aromatic carbocycles. The zero-order chi connectivity index (χ0) is 23.2. The molecule has 0 unspecified atom stereocenters. The van der Waals surface area contributed by atoms with Gasteiger partial charge < -0.3 is 14.8 Å². The van der Waals surface area contributed by atoms with Gasteiger partial charge in [-0.15, -0.1) is 0 Å². The maximum atomic E-state index is 6.47. The van der Waals surface area contributed by atoms with Crippen LogP contribution in [0.4, 0.5) is 11.6 Å². The number of nitrogens with one attached hydrogen (secondary N) is 1. The molecular formula is C23H24ClN7O2S. The summed E-state index contributed by atoms with van der Waals surface area (Å²) in [5.41, 5.74) is 2.34. The Balaban J connectivity index is 1.26. The summed E-state index contributed by atoms with van der Waals surface area (Å²) in [7, 11) is 0. The Morgan fingerprint density at radius 1 is 1.09 bits per heavy atom. The molecule has 1 N–H and O–H groups in total. The van der Waals surface area contributed by atoms with E-state index >= 15 is 0 Å². The number of fused-ring (bicyclic) bond motifs is 1. The van der Waals surface area contributed by atoms with Gasteiger partial charge in [-0.3, -0.25) is 9.88 Å². The van der Waals surface area contributed by atoms with Crippen LogP contribution in [0.3, 0.4) is 0 Å². The minimum Gasteiger partial charge on any atom is -0.486 e. The summed E-state index contributed by atoms with van der Waals surface area (Å²) >= 11 is 8.10. The molecule has 0 amide bonds. The Bertz CT molecular complexity index is 1230. The van der Waals surface area contributed by atoms with Gasteiger partial charge in [-0.25, -0.2) is 4.98 Å². The van der Waals surface area contributed by atoms with Crippen molar-refractivity contribution in [1.82, 2.24) is 29.5 Å². The summed E-state index contributed by atoms with van der Waals surface area (Å²) in [5.74, 6) is 2.06. The van der Waals surface area contributed by atoms with E-state index < -0.39 is 0 Å². The standard InChI is InChI=1S/C23H24ClN7O2S/c24-19-15-17(4-5-20(19)33-16-18-3-1-2-7-25-18)27-22-29-23(28-21-6-8-26-31(21)22)34-14-11-30-9-12-32-13-10-30/h1-8,15H,9-14,16H2,(H,27,28,29). The number of rotatable bonds is 9. The maximum absolute atomic E-state index is 6.47. The van der Waals surface area contributed by atoms with Crippen LogP contribution in [0.5, 0.6) is 5.75 Å². The number of hydrogen-bond acceptors (Lipinski definition) is 9. The molecule has 1 fully saturated rings. The summed E-state index contributed by atoms with van der Waals surface area (Å²) < 4.78 is 12.9. The average molecular weight is 498 g/mol. The van der Waals surface area contributed by atoms with Crippen molar-refractivity contribution in [3.05, 3.63) is 65.6 Å². The van der Waals surface area contributed by atoms with Gasteiger partial charge >= 0.3 is 0 Å². The Labute approximate surface area is 206 Å². The van der Waals surface area contributed by atoms with E-state index in [1.54, 1.807) is 34.7 Å². The van der Waals surface area contributed by atoms with Crippen LogP contribution in [-0.2, 0) is 11.3 Å². The molecule has 0 saturated carbocycles. The van der Waals surface area contributed by atoms with Crippen LogP contribution >= 0.6 is 23.4 Å². The molecule has 1 saturated heterocycles. The summed E-state index contributed by atoms with van der Waals surface area (Å²) in [4.78, 5) is 16.0. The largest absolute Gasteiger partial charge is 0.486 e. The van der Waals surface area contributed by atoms with E-state index in [1.165, 1.54) is 0 Å². The normalized spacial score (nSPS) is 14.4. The number of nitrogens with zero attached hydrogens (tertiary/aromatic N) is 6. The van der Waals surface area contributed by atoms with Crippen molar-refractivity contribution in [3.63, 3.8) is 0 Å². The van der Waals surface area contributed by atoms with Crippen LogP contribution in [0.1, 0.15) is 5.69 Å². The van der Waals surface area contributed by atoms with Gasteiger partial charge in [0.2, 0.25) is 5.95 Å². The molecule has 176 valence electrons. The number of morpholine rings is 1. The second kappa shape index (κ2) is 11.0. The molecule has 0 radical (unpaired) electrons. The number of hydrogen-bond donors (Lipinski definition) is 1. The first kappa shape index (κ1) is 22.9. The fourth-order valence-electron chi connectivity index (χ4n) is 3.50. The lowest BCUT2D eigenvalue weighted by Crippen LogP contribution is -2.37. The molecule has 11 heteroatoms. The zero-order valence-corrected chi connectivity index (χ0v) is 20.0. The molecule has 1 aliphatic heterocycles. The van der Waals surface area contributed by atoms with Crippen molar-refractivity contribution in [2.75, 3.05) is 43.9 Å². The number of anilines is 2. The van der Waals surface area contributed by atoms with Gasteiger partial charge in [0.1, 0.15) is 12.4 Å². The van der Waals surface area contributed by atoms with Gasteiger partial charge in [0.15, 0.2) is 10.8 Å². The smallest absolute Gasteiger partial charge is 0.232 e. The molecule has 3 aromatic heterocycles. The number of halogens is 1. The Morgan fingerprint density at radius 3 is 2.82 bits per heavy atom. The first-order valence-corrected chi connectivity index (χ1v) is 12.3. The molecule has 0 spiro atoms. The molecule has 0 aliphatic carbocycles. The zero-order valence-electron chi connectivity index (χ0n) is 18.4. The van der Waals surface area contributed by atoms with Gasteiger partial charge in [0.25, 0.3) is 0 Å². The lowest BCUT2D eigenvalue weighted by atomic mass is 10.3. The van der Waals surface area contributed by atoms with Crippen LogP contribution < -0.4 is 10.1 Å². The molecule has 9 nitrogen and oxygen atoms in total. The number of benzene rings is 1. The summed E-state index contributed by atoms with van der Waals surface area (Å²) in [6.07, 6.45) is 3.44. The number of pyridine rings is 1. The van der Waals surface area contributed by atoms with E-state index in [1.807, 2.05) is 36.4 Å². The first-order valence-electron chi connectivity index (χ1n) is 11.0. The highest BCUT2D eigenvalue weighted by atomic mass is 35.5. The van der Waals surface area contributed by atoms with Crippen molar-refractivity contribution >= 4 is 40.6 Å². The van der Waals surface area contributed by atoms with E-state index in [-0.39, 0.29) is 0 Å². The maximum Gasteiger partial charge on any atom is 0.232 e. The van der Waals surface area contributed by atoms with E-state index in [0.29, 0.717) is 28.5 Å². The third kappa shape index (κ3) is 5.76. The third-order valence-corrected chi connectivity index (χ3v) is 6.39. The number of aromatic nitrogens is 5. The minimum atomic E-state index is 0.345. The highest BCUT2D eigenvalue weighted by molar-refractivity contribution is 7.99. The minimum absolute atomic E-state index is 0.345. The molecule has 34 heavy (non-hydrogen) atoms. The summed E-state index contributed by atoms with van der Waals surface area (Å²) in [6, 6.07) is 13.1. The fourth-order valence-corrected chi connectivity index (χ4v) is 4.58. The lowest BCUT2D eigenvalue weighted by molar-refractivity contribution is 0.0410. The topological polar surface area (TPSA) is 89.7 Å². The van der Waals surface area contributed by atoms with Crippen molar-refractivity contribution in [1.29, 1.82) is 0 Å². The predicted molar refractivity (Wildman–Crippen MR) is 132 cm³/mol. The SMILES string of the molecule is Clc1cc(Nc2nc(SCCN3CCOCC3)nc3ccnn23)ccc1OCc1ccccn1. The van der Waals surface area contributed by atoms with Crippen LogP contribution in [-0.4, -0.2) is 68.1 Å². The van der Waals surface area contributed by atoms with Crippen molar-refractivity contribution in [2.45, 2.75) is 11.8 Å². The van der Waals surface area contributed by atoms with Crippen LogP contribution in [0.15, 0.2) is 60.0 Å². The van der Waals surface area contributed by atoms with E-state index in [4.69, 9.17) is 26.1 Å². The van der Waals surface area contributed by atoms with Gasteiger partial charge in [0.05, 0.1) is 30.1 Å². The summed E-state index contributed by atoms with van der Waals surface area (Å²) in [6.45, 7) is 4.86. The van der Waals surface area contributed by atoms with E-state index in [9.17, 15) is 0 Å². The van der Waals surface area contributed by atoms with Crippen LogP contribution in [0.2, 0.25) is 5.02 Å². The van der Waals surface area contributed by atoms with Gasteiger partial charge in [-0.1, -0.05) is 29.4 Å². The third-order valence-electron chi connectivity index (χ3n) is 5.27. The highest BCUT2D eigenvalue weighted by Gasteiger charge is 2.13. The van der Waals surface area contributed by atoms with Crippen LogP contribution in [0.25, 0.3) is 5.65 Å². The molecule has 5 rings (SSSR count). The highest BCUT2D eigenvalue weighted by Crippen LogP contribution is 2.30. The number of ether oxygens (including phenoxy) is 2. The second-order valence-electron chi connectivity index (χ2n) is 7.61. The molecule has 0 atom stereocenters. The quantitative estimate of drug-likeness (QED) is 0.345. The molecule has 0 bridgehead atoms. The van der Waals surface area contributed by atoms with E-state index in [0.717, 1.165) is 55.6 Å². The van der Waals surface area contributed by atoms with Crippen molar-refractivity contribution in [3.8, 4) is 5.75 Å². The summed E-state index contributed by atoms with van der Waals surface area (Å²) in [5, 5.41) is 8.85. The van der Waals surface area contributed by atoms with Crippen LogP contribution in [0, 0.1) is 0 Å². The van der Waals surface area contributed by atoms with Crippen molar-refractivity contribution in [2.24, 2.45) is 0 Å². The lowest BCUT2D eigenvalue weighted by Gasteiger charge is -2.26.